The molecular formula is C17H25NO3. The van der Waals surface area contributed by atoms with Crippen molar-refractivity contribution < 1.29 is 14.6 Å². The van der Waals surface area contributed by atoms with E-state index in [1.807, 2.05) is 39.0 Å². The van der Waals surface area contributed by atoms with Crippen molar-refractivity contribution >= 4 is 6.09 Å². The van der Waals surface area contributed by atoms with E-state index in [9.17, 15) is 9.90 Å². The van der Waals surface area contributed by atoms with Gasteiger partial charge in [-0.3, -0.25) is 0 Å². The fraction of sp³-hybridized carbons (Fsp3) is 0.588. The SMILES string of the molecule is CC(C)(C)OC(=O)N1CCC(O)CC(c2ccccc2)C1. The third-order valence-corrected chi connectivity index (χ3v) is 3.65. The van der Waals surface area contributed by atoms with Crippen molar-refractivity contribution in [2.45, 2.75) is 51.2 Å². The lowest BCUT2D eigenvalue weighted by Crippen LogP contribution is -2.38. The molecule has 4 heteroatoms. The number of aliphatic hydroxyl groups excluding tert-OH is 1. The fourth-order valence-electron chi connectivity index (χ4n) is 2.64. The lowest BCUT2D eigenvalue weighted by molar-refractivity contribution is 0.0244. The molecule has 1 saturated heterocycles. The minimum absolute atomic E-state index is 0.149. The molecule has 0 aliphatic carbocycles. The van der Waals surface area contributed by atoms with Gasteiger partial charge in [0.25, 0.3) is 0 Å². The van der Waals surface area contributed by atoms with Crippen LogP contribution in [0.2, 0.25) is 0 Å². The van der Waals surface area contributed by atoms with Gasteiger partial charge in [0.1, 0.15) is 5.60 Å². The second-order valence-electron chi connectivity index (χ2n) is 6.71. The Morgan fingerprint density at radius 2 is 1.95 bits per heavy atom. The number of ether oxygens (including phenoxy) is 1. The van der Waals surface area contributed by atoms with Gasteiger partial charge >= 0.3 is 6.09 Å². The van der Waals surface area contributed by atoms with Crippen LogP contribution in [0.3, 0.4) is 0 Å². The standard InChI is InChI=1S/C17H25NO3/c1-17(2,3)21-16(20)18-10-9-15(19)11-14(12-18)13-7-5-4-6-8-13/h4-8,14-15,19H,9-12H2,1-3H3. The summed E-state index contributed by atoms with van der Waals surface area (Å²) in [5, 5.41) is 10.1. The Morgan fingerprint density at radius 3 is 2.57 bits per heavy atom. The second-order valence-corrected chi connectivity index (χ2v) is 6.71. The highest BCUT2D eigenvalue weighted by Gasteiger charge is 2.29. The number of hydrogen-bond acceptors (Lipinski definition) is 3. The third-order valence-electron chi connectivity index (χ3n) is 3.65. The van der Waals surface area contributed by atoms with Crippen LogP contribution in [-0.2, 0) is 4.74 Å². The maximum absolute atomic E-state index is 12.3. The van der Waals surface area contributed by atoms with E-state index in [2.05, 4.69) is 12.1 Å². The first-order chi connectivity index (χ1) is 9.85. The van der Waals surface area contributed by atoms with Crippen molar-refractivity contribution in [3.05, 3.63) is 35.9 Å². The number of carbonyl (C=O) groups is 1. The fourth-order valence-corrected chi connectivity index (χ4v) is 2.64. The summed E-state index contributed by atoms with van der Waals surface area (Å²) in [6.45, 7) is 6.74. The first-order valence-electron chi connectivity index (χ1n) is 7.56. The third kappa shape index (κ3) is 4.74. The lowest BCUT2D eigenvalue weighted by Gasteiger charge is -2.28. The molecule has 1 fully saturated rings. The first-order valence-corrected chi connectivity index (χ1v) is 7.56. The van der Waals surface area contributed by atoms with E-state index >= 15 is 0 Å². The Hall–Kier alpha value is -1.55. The largest absolute Gasteiger partial charge is 0.444 e. The molecule has 2 rings (SSSR count). The molecule has 2 atom stereocenters. The van der Waals surface area contributed by atoms with Crippen LogP contribution < -0.4 is 0 Å². The maximum atomic E-state index is 12.3. The predicted molar refractivity (Wildman–Crippen MR) is 82.2 cm³/mol. The highest BCUT2D eigenvalue weighted by Crippen LogP contribution is 2.27. The summed E-state index contributed by atoms with van der Waals surface area (Å²) in [7, 11) is 0. The summed E-state index contributed by atoms with van der Waals surface area (Å²) in [5.41, 5.74) is 0.663. The van der Waals surface area contributed by atoms with Crippen molar-refractivity contribution in [3.63, 3.8) is 0 Å². The van der Waals surface area contributed by atoms with Crippen molar-refractivity contribution in [3.8, 4) is 0 Å². The second kappa shape index (κ2) is 6.48. The van der Waals surface area contributed by atoms with Crippen LogP contribution >= 0.6 is 0 Å². The molecule has 1 aromatic rings. The molecular weight excluding hydrogens is 266 g/mol. The van der Waals surface area contributed by atoms with E-state index in [4.69, 9.17) is 4.74 Å². The molecule has 21 heavy (non-hydrogen) atoms. The molecule has 1 aromatic carbocycles. The van der Waals surface area contributed by atoms with Crippen LogP contribution in [0.1, 0.15) is 45.1 Å². The highest BCUT2D eigenvalue weighted by atomic mass is 16.6. The zero-order valence-electron chi connectivity index (χ0n) is 13.1. The minimum Gasteiger partial charge on any atom is -0.444 e. The smallest absolute Gasteiger partial charge is 0.410 e. The summed E-state index contributed by atoms with van der Waals surface area (Å²) in [6.07, 6.45) is 0.617. The van der Waals surface area contributed by atoms with Gasteiger partial charge in [-0.2, -0.15) is 0 Å². The van der Waals surface area contributed by atoms with Crippen LogP contribution in [0.25, 0.3) is 0 Å². The van der Waals surface area contributed by atoms with Gasteiger partial charge in [0.15, 0.2) is 0 Å². The maximum Gasteiger partial charge on any atom is 0.410 e. The molecule has 1 amide bonds. The number of rotatable bonds is 1. The van der Waals surface area contributed by atoms with Crippen LogP contribution in [-0.4, -0.2) is 40.9 Å². The van der Waals surface area contributed by atoms with Gasteiger partial charge in [-0.15, -0.1) is 0 Å². The van der Waals surface area contributed by atoms with E-state index < -0.39 is 5.60 Å². The van der Waals surface area contributed by atoms with Gasteiger partial charge in [0.2, 0.25) is 0 Å². The Morgan fingerprint density at radius 1 is 1.29 bits per heavy atom. The zero-order valence-corrected chi connectivity index (χ0v) is 13.1. The van der Waals surface area contributed by atoms with Crippen molar-refractivity contribution in [2.24, 2.45) is 0 Å². The highest BCUT2D eigenvalue weighted by molar-refractivity contribution is 5.68. The minimum atomic E-state index is -0.496. The van der Waals surface area contributed by atoms with Crippen LogP contribution in [0.5, 0.6) is 0 Å². The van der Waals surface area contributed by atoms with Gasteiger partial charge in [0.05, 0.1) is 6.10 Å². The van der Waals surface area contributed by atoms with Crippen LogP contribution in [0.15, 0.2) is 30.3 Å². The normalized spacial score (nSPS) is 23.5. The summed E-state index contributed by atoms with van der Waals surface area (Å²) in [6, 6.07) is 10.1. The van der Waals surface area contributed by atoms with Crippen LogP contribution in [0, 0.1) is 0 Å². The monoisotopic (exact) mass is 291 g/mol. The van der Waals surface area contributed by atoms with Gasteiger partial charge in [-0.05, 0) is 39.2 Å². The van der Waals surface area contributed by atoms with Gasteiger partial charge in [-0.25, -0.2) is 4.79 Å². The number of hydrogen-bond donors (Lipinski definition) is 1. The Labute approximate surface area is 126 Å². The van der Waals surface area contributed by atoms with Gasteiger partial charge in [0, 0.05) is 19.0 Å². The molecule has 0 aromatic heterocycles. The van der Waals surface area contributed by atoms with E-state index in [0.717, 1.165) is 5.56 Å². The molecule has 116 valence electrons. The zero-order chi connectivity index (χ0) is 15.5. The average Bonchev–Trinajstić information content (AvgIpc) is 2.60. The lowest BCUT2D eigenvalue weighted by atomic mass is 9.93. The van der Waals surface area contributed by atoms with E-state index in [-0.39, 0.29) is 18.1 Å². The van der Waals surface area contributed by atoms with Gasteiger partial charge < -0.3 is 14.7 Å². The Kier molecular flexibility index (Phi) is 4.88. The van der Waals surface area contributed by atoms with Gasteiger partial charge in [-0.1, -0.05) is 30.3 Å². The van der Waals surface area contributed by atoms with E-state index in [0.29, 0.717) is 25.9 Å². The molecule has 2 unspecified atom stereocenters. The molecule has 0 bridgehead atoms. The first kappa shape index (κ1) is 15.8. The molecule has 1 aliphatic rings. The summed E-state index contributed by atoms with van der Waals surface area (Å²) in [4.78, 5) is 14.0. The molecule has 1 heterocycles. The predicted octanol–water partition coefficient (Wildman–Crippen LogP) is 3.16. The number of amides is 1. The summed E-state index contributed by atoms with van der Waals surface area (Å²) >= 11 is 0. The van der Waals surface area contributed by atoms with E-state index in [1.54, 1.807) is 4.90 Å². The number of carbonyl (C=O) groups excluding carboxylic acids is 1. The number of likely N-dealkylation sites (tertiary alicyclic amines) is 1. The number of aliphatic hydroxyl groups is 1. The summed E-state index contributed by atoms with van der Waals surface area (Å²) < 4.78 is 5.46. The van der Waals surface area contributed by atoms with Crippen LogP contribution in [0.4, 0.5) is 4.79 Å². The van der Waals surface area contributed by atoms with Crippen molar-refractivity contribution in [1.82, 2.24) is 4.90 Å². The molecule has 1 N–H and O–H groups in total. The molecule has 4 nitrogen and oxygen atoms in total. The Bertz CT molecular complexity index is 467. The van der Waals surface area contributed by atoms with E-state index in [1.165, 1.54) is 0 Å². The number of nitrogens with zero attached hydrogens (tertiary/aromatic N) is 1. The molecule has 0 radical (unpaired) electrons. The molecule has 0 saturated carbocycles. The molecule has 1 aliphatic heterocycles. The average molecular weight is 291 g/mol. The Balaban J connectivity index is 2.11. The molecule has 0 spiro atoms. The topological polar surface area (TPSA) is 49.8 Å². The number of benzene rings is 1. The van der Waals surface area contributed by atoms with Crippen molar-refractivity contribution in [2.75, 3.05) is 13.1 Å². The van der Waals surface area contributed by atoms with Crippen molar-refractivity contribution in [1.29, 1.82) is 0 Å². The summed E-state index contributed by atoms with van der Waals surface area (Å²) in [5.74, 6) is 0.149. The quantitative estimate of drug-likeness (QED) is 0.864.